The van der Waals surface area contributed by atoms with Crippen LogP contribution in [0.4, 0.5) is 0 Å². The van der Waals surface area contributed by atoms with Crippen molar-refractivity contribution in [2.75, 3.05) is 32.7 Å². The van der Waals surface area contributed by atoms with E-state index in [4.69, 9.17) is 23.7 Å². The van der Waals surface area contributed by atoms with Crippen LogP contribution >= 0.6 is 0 Å². The molecule has 0 radical (unpaired) electrons. The van der Waals surface area contributed by atoms with Gasteiger partial charge in [0.2, 0.25) is 0 Å². The SMILES string of the molecule is C=CCOC/C=C/[C@H]1CC(=C)C(CC[C@H]2C[C@@H](C)C(=C)[C@@H](C[C@@H]3OC(C[C@H](O)CO)[C@H](OC)C3CS(=O)(=O)c3ccccc3)O2)O1. The van der Waals surface area contributed by atoms with E-state index < -0.39 is 46.8 Å². The van der Waals surface area contributed by atoms with Gasteiger partial charge in [-0.3, -0.25) is 0 Å². The van der Waals surface area contributed by atoms with E-state index in [1.54, 1.807) is 36.4 Å². The van der Waals surface area contributed by atoms with Gasteiger partial charge in [-0.15, -0.1) is 6.58 Å². The van der Waals surface area contributed by atoms with E-state index in [1.165, 1.54) is 7.11 Å². The Morgan fingerprint density at radius 2 is 1.83 bits per heavy atom. The predicted molar refractivity (Wildman–Crippen MR) is 177 cm³/mol. The van der Waals surface area contributed by atoms with E-state index in [9.17, 15) is 18.6 Å². The molecule has 10 atom stereocenters. The summed E-state index contributed by atoms with van der Waals surface area (Å²) in [6.45, 7) is 15.0. The molecule has 1 aromatic carbocycles. The number of benzene rings is 1. The topological polar surface area (TPSA) is 121 Å². The molecule has 0 bridgehead atoms. The van der Waals surface area contributed by atoms with E-state index in [1.807, 2.05) is 12.2 Å². The van der Waals surface area contributed by atoms with Crippen molar-refractivity contribution in [2.45, 2.75) is 99.2 Å². The van der Waals surface area contributed by atoms with Gasteiger partial charge in [0.1, 0.15) is 0 Å². The standard InChI is InChI=1S/C36H52O9S/c1-6-16-42-17-10-11-28-19-25(3)32(43-28)15-14-29-18-24(2)26(4)33(44-29)21-34-31(23-46(39,40)30-12-8-7-9-13-30)36(41-5)35(45-34)20-27(38)22-37/h6-13,24,27-29,31-38H,1,3-4,14-23H2,2,5H3/b11-10+/t24-,27+,28+,29+,31?,32?,33-,34+,35?,36-/m1/s1. The second-order valence-electron chi connectivity index (χ2n) is 12.8. The lowest BCUT2D eigenvalue weighted by atomic mass is 9.83. The fourth-order valence-corrected chi connectivity index (χ4v) is 8.57. The normalized spacial score (nSPS) is 32.7. The van der Waals surface area contributed by atoms with E-state index in [-0.39, 0.29) is 47.4 Å². The smallest absolute Gasteiger partial charge is 0.178 e. The highest BCUT2D eigenvalue weighted by Crippen LogP contribution is 2.41. The largest absolute Gasteiger partial charge is 0.394 e. The molecule has 0 spiro atoms. The summed E-state index contributed by atoms with van der Waals surface area (Å²) in [5.41, 5.74) is 2.04. The fraction of sp³-hybridized carbons (Fsp3) is 0.611. The van der Waals surface area contributed by atoms with Crippen molar-refractivity contribution in [2.24, 2.45) is 11.8 Å². The summed E-state index contributed by atoms with van der Waals surface area (Å²) in [5, 5.41) is 19.7. The van der Waals surface area contributed by atoms with Crippen molar-refractivity contribution in [1.29, 1.82) is 0 Å². The van der Waals surface area contributed by atoms with Gasteiger partial charge in [-0.25, -0.2) is 8.42 Å². The molecular weight excluding hydrogens is 608 g/mol. The molecule has 3 heterocycles. The van der Waals surface area contributed by atoms with Gasteiger partial charge in [0, 0.05) is 32.3 Å². The third kappa shape index (κ3) is 9.70. The number of hydrogen-bond donors (Lipinski definition) is 2. The Bertz CT molecular complexity index is 1280. The Hall–Kier alpha value is -2.15. The second-order valence-corrected chi connectivity index (χ2v) is 14.8. The van der Waals surface area contributed by atoms with Crippen LogP contribution in [0.2, 0.25) is 0 Å². The van der Waals surface area contributed by atoms with E-state index in [0.29, 0.717) is 19.6 Å². The Morgan fingerprint density at radius 1 is 1.07 bits per heavy atom. The van der Waals surface area contributed by atoms with Gasteiger partial charge in [0.05, 0.1) is 79.3 Å². The van der Waals surface area contributed by atoms with Crippen LogP contribution in [0.15, 0.2) is 84.3 Å². The van der Waals surface area contributed by atoms with Gasteiger partial charge >= 0.3 is 0 Å². The van der Waals surface area contributed by atoms with Crippen LogP contribution in [0.25, 0.3) is 0 Å². The lowest BCUT2D eigenvalue weighted by Crippen LogP contribution is -2.40. The highest BCUT2D eigenvalue weighted by atomic mass is 32.2. The number of aliphatic hydroxyl groups excluding tert-OH is 2. The predicted octanol–water partition coefficient (Wildman–Crippen LogP) is 4.59. The zero-order valence-corrected chi connectivity index (χ0v) is 28.1. The summed E-state index contributed by atoms with van der Waals surface area (Å²) in [6, 6.07) is 8.37. The summed E-state index contributed by atoms with van der Waals surface area (Å²) in [7, 11) is -2.14. The summed E-state index contributed by atoms with van der Waals surface area (Å²) >= 11 is 0. The Morgan fingerprint density at radius 3 is 2.52 bits per heavy atom. The van der Waals surface area contributed by atoms with Crippen LogP contribution in [0.1, 0.15) is 45.4 Å². The van der Waals surface area contributed by atoms with Crippen molar-refractivity contribution in [3.05, 3.63) is 79.4 Å². The summed E-state index contributed by atoms with van der Waals surface area (Å²) in [5.74, 6) is -0.484. The average molecular weight is 661 g/mol. The molecule has 0 amide bonds. The van der Waals surface area contributed by atoms with Gasteiger partial charge in [0.25, 0.3) is 0 Å². The highest BCUT2D eigenvalue weighted by Gasteiger charge is 2.49. The van der Waals surface area contributed by atoms with Gasteiger partial charge in [0.15, 0.2) is 9.84 Å². The minimum Gasteiger partial charge on any atom is -0.394 e. The maximum Gasteiger partial charge on any atom is 0.178 e. The number of hydrogen-bond acceptors (Lipinski definition) is 9. The van der Waals surface area contributed by atoms with Crippen LogP contribution < -0.4 is 0 Å². The summed E-state index contributed by atoms with van der Waals surface area (Å²) < 4.78 is 57.6. The van der Waals surface area contributed by atoms with Crippen molar-refractivity contribution in [1.82, 2.24) is 0 Å². The number of sulfone groups is 1. The first-order chi connectivity index (χ1) is 22.1. The van der Waals surface area contributed by atoms with Crippen LogP contribution in [0.5, 0.6) is 0 Å². The van der Waals surface area contributed by atoms with Gasteiger partial charge in [-0.1, -0.05) is 56.5 Å². The minimum absolute atomic E-state index is 0.0156. The van der Waals surface area contributed by atoms with Gasteiger partial charge in [-0.2, -0.15) is 0 Å². The van der Waals surface area contributed by atoms with Crippen molar-refractivity contribution >= 4 is 9.84 Å². The maximum atomic E-state index is 13.5. The zero-order valence-electron chi connectivity index (χ0n) is 27.2. The Kier molecular flexibility index (Phi) is 13.8. The van der Waals surface area contributed by atoms with E-state index >= 15 is 0 Å². The van der Waals surface area contributed by atoms with Crippen molar-refractivity contribution in [3.8, 4) is 0 Å². The number of rotatable bonds is 17. The molecule has 46 heavy (non-hydrogen) atoms. The van der Waals surface area contributed by atoms with Crippen LogP contribution in [-0.4, -0.2) is 100 Å². The third-order valence-corrected chi connectivity index (χ3v) is 11.2. The molecule has 3 saturated heterocycles. The number of methoxy groups -OCH3 is 1. The third-order valence-electron chi connectivity index (χ3n) is 9.39. The lowest BCUT2D eigenvalue weighted by Gasteiger charge is -2.38. The van der Waals surface area contributed by atoms with Crippen LogP contribution in [0, 0.1) is 11.8 Å². The molecule has 9 nitrogen and oxygen atoms in total. The molecule has 4 rings (SSSR count). The Labute approximate surface area is 274 Å². The quantitative estimate of drug-likeness (QED) is 0.183. The zero-order chi connectivity index (χ0) is 33.3. The maximum absolute atomic E-state index is 13.5. The minimum atomic E-state index is -3.66. The fourth-order valence-electron chi connectivity index (χ4n) is 6.90. The first kappa shape index (κ1) is 36.7. The van der Waals surface area contributed by atoms with Gasteiger partial charge in [-0.05, 0) is 48.5 Å². The number of ether oxygens (including phenoxy) is 5. The van der Waals surface area contributed by atoms with E-state index in [2.05, 4.69) is 26.7 Å². The van der Waals surface area contributed by atoms with Crippen LogP contribution in [0.3, 0.4) is 0 Å². The van der Waals surface area contributed by atoms with Crippen molar-refractivity contribution in [3.63, 3.8) is 0 Å². The molecule has 2 N–H and O–H groups in total. The summed E-state index contributed by atoms with van der Waals surface area (Å²) in [4.78, 5) is 0.240. The molecule has 3 fully saturated rings. The lowest BCUT2D eigenvalue weighted by molar-refractivity contribution is -0.0785. The molecule has 3 aliphatic rings. The molecule has 3 aliphatic heterocycles. The first-order valence-corrected chi connectivity index (χ1v) is 18.0. The van der Waals surface area contributed by atoms with Crippen LogP contribution in [-0.2, 0) is 33.5 Å². The molecule has 256 valence electrons. The molecule has 3 unspecified atom stereocenters. The number of aliphatic hydroxyl groups is 2. The molecular formula is C36H52O9S. The Balaban J connectivity index is 1.42. The molecule has 1 aromatic rings. The van der Waals surface area contributed by atoms with Gasteiger partial charge < -0.3 is 33.9 Å². The van der Waals surface area contributed by atoms with E-state index in [0.717, 1.165) is 36.8 Å². The molecule has 0 aromatic heterocycles. The molecule has 0 saturated carbocycles. The highest BCUT2D eigenvalue weighted by molar-refractivity contribution is 7.91. The summed E-state index contributed by atoms with van der Waals surface area (Å²) in [6.07, 6.45) is 6.34. The average Bonchev–Trinajstić information content (AvgIpc) is 3.55. The second kappa shape index (κ2) is 17.3. The molecule has 10 heteroatoms. The van der Waals surface area contributed by atoms with Crippen molar-refractivity contribution < 1.29 is 42.3 Å². The monoisotopic (exact) mass is 660 g/mol. The molecule has 0 aliphatic carbocycles. The first-order valence-electron chi connectivity index (χ1n) is 16.3.